The minimum Gasteiger partial charge on any atom is -0.267 e. The minimum atomic E-state index is 0.685. The third kappa shape index (κ3) is 0.681. The summed E-state index contributed by atoms with van der Waals surface area (Å²) < 4.78 is 2.17. The van der Waals surface area contributed by atoms with Gasteiger partial charge in [-0.05, 0) is 25.3 Å². The molecular weight excluding hydrogens is 124 g/mol. The summed E-state index contributed by atoms with van der Waals surface area (Å²) in [6.45, 7) is 2.22. The smallest absolute Gasteiger partial charge is 0.0523 e. The van der Waals surface area contributed by atoms with Crippen molar-refractivity contribution in [3.63, 3.8) is 0 Å². The fourth-order valence-corrected chi connectivity index (χ4v) is 1.68. The first-order valence-corrected chi connectivity index (χ1v) is 3.94. The van der Waals surface area contributed by atoms with Crippen molar-refractivity contribution in [3.8, 4) is 0 Å². The van der Waals surface area contributed by atoms with Crippen LogP contribution in [0.5, 0.6) is 0 Å². The zero-order chi connectivity index (χ0) is 6.97. The Hall–Kier alpha value is -0.790. The van der Waals surface area contributed by atoms with Gasteiger partial charge in [0.05, 0.1) is 6.04 Å². The summed E-state index contributed by atoms with van der Waals surface area (Å²) >= 11 is 0. The molecule has 1 aromatic rings. The first-order chi connectivity index (χ1) is 4.92. The number of hydrogen-bond acceptors (Lipinski definition) is 1. The third-order valence-electron chi connectivity index (χ3n) is 2.30. The van der Waals surface area contributed by atoms with Gasteiger partial charge in [0.15, 0.2) is 0 Å². The van der Waals surface area contributed by atoms with E-state index < -0.39 is 0 Å². The summed E-state index contributed by atoms with van der Waals surface area (Å²) in [6.07, 6.45) is 5.63. The first kappa shape index (κ1) is 5.96. The third-order valence-corrected chi connectivity index (χ3v) is 2.30. The topological polar surface area (TPSA) is 17.8 Å². The van der Waals surface area contributed by atoms with Gasteiger partial charge in [-0.1, -0.05) is 6.92 Å². The Morgan fingerprint density at radius 2 is 2.70 bits per heavy atom. The predicted octanol–water partition coefficient (Wildman–Crippen LogP) is 1.78. The fourth-order valence-electron chi connectivity index (χ4n) is 1.68. The van der Waals surface area contributed by atoms with Crippen LogP contribution < -0.4 is 0 Å². The van der Waals surface area contributed by atoms with E-state index in [1.165, 1.54) is 25.0 Å². The largest absolute Gasteiger partial charge is 0.267 e. The number of aromatic nitrogens is 2. The molecule has 0 saturated heterocycles. The van der Waals surface area contributed by atoms with Crippen LogP contribution in [0, 0.1) is 0 Å². The highest BCUT2D eigenvalue weighted by molar-refractivity contribution is 5.06. The van der Waals surface area contributed by atoms with E-state index >= 15 is 0 Å². The van der Waals surface area contributed by atoms with Gasteiger partial charge in [-0.15, -0.1) is 0 Å². The lowest BCUT2D eigenvalue weighted by molar-refractivity contribution is 0.466. The maximum Gasteiger partial charge on any atom is 0.0523 e. The quantitative estimate of drug-likeness (QED) is 0.575. The number of rotatable bonds is 1. The number of nitrogens with zero attached hydrogens (tertiary/aromatic N) is 2. The van der Waals surface area contributed by atoms with Crippen molar-refractivity contribution in [2.75, 3.05) is 0 Å². The molecule has 0 spiro atoms. The summed E-state index contributed by atoms with van der Waals surface area (Å²) in [6, 6.07) is 2.81. The monoisotopic (exact) mass is 136 g/mol. The maximum atomic E-state index is 4.27. The van der Waals surface area contributed by atoms with Gasteiger partial charge in [0.1, 0.15) is 0 Å². The Balaban J connectivity index is 2.34. The lowest BCUT2D eigenvalue weighted by Gasteiger charge is -2.06. The van der Waals surface area contributed by atoms with E-state index in [-0.39, 0.29) is 0 Å². The van der Waals surface area contributed by atoms with E-state index in [1.807, 2.05) is 6.20 Å². The number of aryl methyl sites for hydroxylation is 1. The molecule has 1 aromatic heterocycles. The molecule has 2 heteroatoms. The van der Waals surface area contributed by atoms with Gasteiger partial charge in [-0.25, -0.2) is 0 Å². The van der Waals surface area contributed by atoms with Crippen LogP contribution in [0.25, 0.3) is 0 Å². The minimum absolute atomic E-state index is 0.685. The van der Waals surface area contributed by atoms with Gasteiger partial charge < -0.3 is 0 Å². The summed E-state index contributed by atoms with van der Waals surface area (Å²) in [7, 11) is 0. The highest BCUT2D eigenvalue weighted by Crippen LogP contribution is 2.26. The molecule has 1 unspecified atom stereocenters. The Bertz CT molecular complexity index is 227. The van der Waals surface area contributed by atoms with Crippen molar-refractivity contribution in [2.24, 2.45) is 0 Å². The summed E-state index contributed by atoms with van der Waals surface area (Å²) in [5, 5.41) is 4.27. The normalized spacial score (nSPS) is 23.1. The van der Waals surface area contributed by atoms with Crippen LogP contribution in [0.1, 0.15) is 31.5 Å². The average Bonchev–Trinajstić information content (AvgIpc) is 2.44. The molecule has 54 valence electrons. The zero-order valence-corrected chi connectivity index (χ0v) is 6.25. The Kier molecular flexibility index (Phi) is 1.26. The highest BCUT2D eigenvalue weighted by Gasteiger charge is 2.19. The van der Waals surface area contributed by atoms with E-state index in [0.29, 0.717) is 6.04 Å². The standard InChI is InChI=1S/C8H12N2/c1-2-7-3-4-8-5-6-9-10(7)8/h5-7H,2-4H2,1H3. The Morgan fingerprint density at radius 3 is 3.50 bits per heavy atom. The molecule has 2 rings (SSSR count). The van der Waals surface area contributed by atoms with Crippen LogP contribution in [0.3, 0.4) is 0 Å². The molecule has 1 atom stereocenters. The van der Waals surface area contributed by atoms with Crippen LogP contribution in [-0.4, -0.2) is 9.78 Å². The van der Waals surface area contributed by atoms with Crippen molar-refractivity contribution in [1.29, 1.82) is 0 Å². The second-order valence-corrected chi connectivity index (χ2v) is 2.87. The molecule has 0 saturated carbocycles. The summed E-state index contributed by atoms with van der Waals surface area (Å²) in [4.78, 5) is 0. The average molecular weight is 136 g/mol. The predicted molar refractivity (Wildman–Crippen MR) is 39.9 cm³/mol. The first-order valence-electron chi connectivity index (χ1n) is 3.94. The van der Waals surface area contributed by atoms with E-state index in [9.17, 15) is 0 Å². The molecule has 0 amide bonds. The number of hydrogen-bond donors (Lipinski definition) is 0. The van der Waals surface area contributed by atoms with Crippen LogP contribution in [-0.2, 0) is 6.42 Å². The highest BCUT2D eigenvalue weighted by atomic mass is 15.3. The van der Waals surface area contributed by atoms with E-state index in [4.69, 9.17) is 0 Å². The van der Waals surface area contributed by atoms with Gasteiger partial charge >= 0.3 is 0 Å². The van der Waals surface area contributed by atoms with Gasteiger partial charge in [-0.2, -0.15) is 5.10 Å². The molecule has 0 bridgehead atoms. The van der Waals surface area contributed by atoms with Gasteiger partial charge in [-0.3, -0.25) is 4.68 Å². The molecular formula is C8H12N2. The van der Waals surface area contributed by atoms with Crippen molar-refractivity contribution < 1.29 is 0 Å². The molecule has 1 aliphatic rings. The lowest BCUT2D eigenvalue weighted by atomic mass is 10.2. The molecule has 0 N–H and O–H groups in total. The molecule has 2 nitrogen and oxygen atoms in total. The van der Waals surface area contributed by atoms with Gasteiger partial charge in [0.2, 0.25) is 0 Å². The summed E-state index contributed by atoms with van der Waals surface area (Å²) in [5.74, 6) is 0. The molecule has 0 aromatic carbocycles. The fraction of sp³-hybridized carbons (Fsp3) is 0.625. The Morgan fingerprint density at radius 1 is 1.80 bits per heavy atom. The van der Waals surface area contributed by atoms with Crippen LogP contribution >= 0.6 is 0 Å². The summed E-state index contributed by atoms with van der Waals surface area (Å²) in [5.41, 5.74) is 1.41. The van der Waals surface area contributed by atoms with Crippen molar-refractivity contribution >= 4 is 0 Å². The van der Waals surface area contributed by atoms with E-state index in [1.54, 1.807) is 0 Å². The van der Waals surface area contributed by atoms with Gasteiger partial charge in [0, 0.05) is 11.9 Å². The molecule has 1 aliphatic heterocycles. The van der Waals surface area contributed by atoms with Crippen molar-refractivity contribution in [1.82, 2.24) is 9.78 Å². The molecule has 0 radical (unpaired) electrons. The molecule has 0 fully saturated rings. The second-order valence-electron chi connectivity index (χ2n) is 2.87. The lowest BCUT2D eigenvalue weighted by Crippen LogP contribution is -2.03. The van der Waals surface area contributed by atoms with Gasteiger partial charge in [0.25, 0.3) is 0 Å². The van der Waals surface area contributed by atoms with Crippen LogP contribution in [0.15, 0.2) is 12.3 Å². The zero-order valence-electron chi connectivity index (χ0n) is 6.25. The molecule has 0 aliphatic carbocycles. The molecule has 2 heterocycles. The maximum absolute atomic E-state index is 4.27. The SMILES string of the molecule is CCC1CCc2ccnn21. The van der Waals surface area contributed by atoms with E-state index in [2.05, 4.69) is 22.8 Å². The second kappa shape index (κ2) is 2.11. The van der Waals surface area contributed by atoms with Crippen LogP contribution in [0.4, 0.5) is 0 Å². The van der Waals surface area contributed by atoms with Crippen molar-refractivity contribution in [3.05, 3.63) is 18.0 Å². The van der Waals surface area contributed by atoms with E-state index in [0.717, 1.165) is 0 Å². The number of fused-ring (bicyclic) bond motifs is 1. The Labute approximate surface area is 60.9 Å². The van der Waals surface area contributed by atoms with Crippen molar-refractivity contribution in [2.45, 2.75) is 32.2 Å². The van der Waals surface area contributed by atoms with Crippen LogP contribution in [0.2, 0.25) is 0 Å². The molecule has 10 heavy (non-hydrogen) atoms.